The van der Waals surface area contributed by atoms with Crippen LogP contribution in [0.5, 0.6) is 5.75 Å². The summed E-state index contributed by atoms with van der Waals surface area (Å²) in [4.78, 5) is 26.4. The van der Waals surface area contributed by atoms with Crippen LogP contribution in [0.1, 0.15) is 25.3 Å². The van der Waals surface area contributed by atoms with E-state index in [0.717, 1.165) is 23.4 Å². The van der Waals surface area contributed by atoms with Crippen LogP contribution >= 0.6 is 0 Å². The second-order valence-corrected chi connectivity index (χ2v) is 6.72. The molecule has 0 aliphatic carbocycles. The summed E-state index contributed by atoms with van der Waals surface area (Å²) in [6, 6.07) is 11.8. The van der Waals surface area contributed by atoms with E-state index in [1.165, 1.54) is 6.07 Å². The van der Waals surface area contributed by atoms with Gasteiger partial charge >= 0.3 is 0 Å². The molecule has 1 saturated heterocycles. The molecule has 1 aliphatic heterocycles. The first-order chi connectivity index (χ1) is 13.0. The number of benzene rings is 2. The average Bonchev–Trinajstić information content (AvgIpc) is 3.05. The van der Waals surface area contributed by atoms with Gasteiger partial charge in [0.25, 0.3) is 0 Å². The third-order valence-electron chi connectivity index (χ3n) is 4.50. The summed E-state index contributed by atoms with van der Waals surface area (Å²) >= 11 is 0. The van der Waals surface area contributed by atoms with Crippen molar-refractivity contribution in [2.45, 2.75) is 26.7 Å². The molecule has 0 radical (unpaired) electrons. The maximum atomic E-state index is 13.9. The van der Waals surface area contributed by atoms with Gasteiger partial charge in [-0.3, -0.25) is 9.59 Å². The number of hydrogen-bond donors (Lipinski definition) is 1. The number of anilines is 2. The lowest BCUT2D eigenvalue weighted by Crippen LogP contribution is -2.28. The molecule has 1 atom stereocenters. The number of rotatable bonds is 6. The standard InChI is InChI=1S/C21H23FN2O3/c1-3-10-27-17-7-5-16(6-8-17)24-13-15(12-20(24)25)21(26)23-19-11-14(2)4-9-18(19)22/h4-9,11,15H,3,10,12-13H2,1-2H3,(H,23,26)/t15-/m0/s1. The minimum atomic E-state index is -0.520. The molecular formula is C21H23FN2O3. The molecule has 0 saturated carbocycles. The third kappa shape index (κ3) is 4.45. The highest BCUT2D eigenvalue weighted by Gasteiger charge is 2.35. The average molecular weight is 370 g/mol. The van der Waals surface area contributed by atoms with Gasteiger partial charge in [-0.05, 0) is 55.3 Å². The lowest BCUT2D eigenvalue weighted by atomic mass is 10.1. The predicted octanol–water partition coefficient (Wildman–Crippen LogP) is 3.91. The third-order valence-corrected chi connectivity index (χ3v) is 4.50. The number of amides is 2. The van der Waals surface area contributed by atoms with E-state index in [1.54, 1.807) is 17.0 Å². The number of carbonyl (C=O) groups is 2. The quantitative estimate of drug-likeness (QED) is 0.839. The Balaban J connectivity index is 1.66. The molecule has 2 aromatic carbocycles. The van der Waals surface area contributed by atoms with Gasteiger partial charge in [0.05, 0.1) is 18.2 Å². The zero-order valence-electron chi connectivity index (χ0n) is 15.5. The lowest BCUT2D eigenvalue weighted by Gasteiger charge is -2.17. The van der Waals surface area contributed by atoms with E-state index in [0.29, 0.717) is 6.61 Å². The molecule has 2 aromatic rings. The zero-order chi connectivity index (χ0) is 19.4. The van der Waals surface area contributed by atoms with Crippen LogP contribution in [0, 0.1) is 18.7 Å². The molecule has 1 N–H and O–H groups in total. The number of nitrogens with zero attached hydrogens (tertiary/aromatic N) is 1. The fraction of sp³-hybridized carbons (Fsp3) is 0.333. The molecular weight excluding hydrogens is 347 g/mol. The minimum Gasteiger partial charge on any atom is -0.494 e. The fourth-order valence-electron chi connectivity index (χ4n) is 3.04. The topological polar surface area (TPSA) is 58.6 Å². The summed E-state index contributed by atoms with van der Waals surface area (Å²) < 4.78 is 19.4. The first kappa shape index (κ1) is 18.9. The van der Waals surface area contributed by atoms with E-state index in [-0.39, 0.29) is 30.5 Å². The van der Waals surface area contributed by atoms with Crippen LogP contribution in [-0.4, -0.2) is 25.0 Å². The summed E-state index contributed by atoms with van der Waals surface area (Å²) in [6.45, 7) is 4.77. The van der Waals surface area contributed by atoms with Crippen molar-refractivity contribution in [1.82, 2.24) is 0 Å². The van der Waals surface area contributed by atoms with Gasteiger partial charge in [-0.2, -0.15) is 0 Å². The van der Waals surface area contributed by atoms with Gasteiger partial charge in [0.1, 0.15) is 11.6 Å². The summed E-state index contributed by atoms with van der Waals surface area (Å²) in [6.07, 6.45) is 1.03. The smallest absolute Gasteiger partial charge is 0.229 e. The Morgan fingerprint density at radius 1 is 1.26 bits per heavy atom. The molecule has 5 nitrogen and oxygen atoms in total. The van der Waals surface area contributed by atoms with E-state index >= 15 is 0 Å². The molecule has 0 unspecified atom stereocenters. The Hall–Kier alpha value is -2.89. The van der Waals surface area contributed by atoms with E-state index in [2.05, 4.69) is 5.32 Å². The molecule has 0 bridgehead atoms. The Morgan fingerprint density at radius 3 is 2.70 bits per heavy atom. The molecule has 6 heteroatoms. The second kappa shape index (κ2) is 8.20. The van der Waals surface area contributed by atoms with Gasteiger partial charge in [-0.15, -0.1) is 0 Å². The molecule has 1 aliphatic rings. The molecule has 27 heavy (non-hydrogen) atoms. The number of halogens is 1. The van der Waals surface area contributed by atoms with Crippen LogP contribution in [0.4, 0.5) is 15.8 Å². The van der Waals surface area contributed by atoms with Gasteiger partial charge < -0.3 is 15.0 Å². The summed E-state index contributed by atoms with van der Waals surface area (Å²) in [5.41, 5.74) is 1.71. The molecule has 0 aromatic heterocycles. The molecule has 3 rings (SSSR count). The van der Waals surface area contributed by atoms with Crippen LogP contribution in [-0.2, 0) is 9.59 Å². The SMILES string of the molecule is CCCOc1ccc(N2C[C@@H](C(=O)Nc3cc(C)ccc3F)CC2=O)cc1. The van der Waals surface area contributed by atoms with Crippen molar-refractivity contribution in [3.8, 4) is 5.75 Å². The van der Waals surface area contributed by atoms with E-state index in [1.807, 2.05) is 38.1 Å². The van der Waals surface area contributed by atoms with Gasteiger partial charge in [0, 0.05) is 18.7 Å². The van der Waals surface area contributed by atoms with Crippen molar-refractivity contribution >= 4 is 23.2 Å². The second-order valence-electron chi connectivity index (χ2n) is 6.72. The van der Waals surface area contributed by atoms with Crippen molar-refractivity contribution in [1.29, 1.82) is 0 Å². The zero-order valence-corrected chi connectivity index (χ0v) is 15.5. The fourth-order valence-corrected chi connectivity index (χ4v) is 3.04. The highest BCUT2D eigenvalue weighted by Crippen LogP contribution is 2.28. The van der Waals surface area contributed by atoms with E-state index in [9.17, 15) is 14.0 Å². The Kier molecular flexibility index (Phi) is 5.74. The first-order valence-corrected chi connectivity index (χ1v) is 9.08. The molecule has 0 spiro atoms. The number of carbonyl (C=O) groups excluding carboxylic acids is 2. The number of aryl methyl sites for hydroxylation is 1. The Bertz CT molecular complexity index is 836. The highest BCUT2D eigenvalue weighted by molar-refractivity contribution is 6.03. The van der Waals surface area contributed by atoms with Gasteiger partial charge in [-0.1, -0.05) is 13.0 Å². The van der Waals surface area contributed by atoms with Gasteiger partial charge in [-0.25, -0.2) is 4.39 Å². The van der Waals surface area contributed by atoms with Crippen LogP contribution in [0.25, 0.3) is 0 Å². The van der Waals surface area contributed by atoms with Crippen LogP contribution < -0.4 is 15.0 Å². The molecule has 142 valence electrons. The van der Waals surface area contributed by atoms with Gasteiger partial charge in [0.15, 0.2) is 0 Å². The van der Waals surface area contributed by atoms with Crippen molar-refractivity contribution in [2.75, 3.05) is 23.4 Å². The highest BCUT2D eigenvalue weighted by atomic mass is 19.1. The summed E-state index contributed by atoms with van der Waals surface area (Å²) in [5.74, 6) is -0.733. The van der Waals surface area contributed by atoms with Crippen molar-refractivity contribution < 1.29 is 18.7 Å². The molecule has 1 fully saturated rings. The maximum Gasteiger partial charge on any atom is 0.229 e. The Morgan fingerprint density at radius 2 is 2.00 bits per heavy atom. The number of nitrogens with one attached hydrogen (secondary N) is 1. The van der Waals surface area contributed by atoms with Crippen LogP contribution in [0.3, 0.4) is 0 Å². The monoisotopic (exact) mass is 370 g/mol. The largest absolute Gasteiger partial charge is 0.494 e. The number of hydrogen-bond acceptors (Lipinski definition) is 3. The predicted molar refractivity (Wildman–Crippen MR) is 102 cm³/mol. The molecule has 1 heterocycles. The van der Waals surface area contributed by atoms with Crippen molar-refractivity contribution in [3.63, 3.8) is 0 Å². The van der Waals surface area contributed by atoms with Crippen LogP contribution in [0.15, 0.2) is 42.5 Å². The van der Waals surface area contributed by atoms with Crippen molar-refractivity contribution in [2.24, 2.45) is 5.92 Å². The minimum absolute atomic E-state index is 0.105. The molecule has 2 amide bonds. The maximum absolute atomic E-state index is 13.9. The van der Waals surface area contributed by atoms with Crippen LogP contribution in [0.2, 0.25) is 0 Å². The van der Waals surface area contributed by atoms with E-state index in [4.69, 9.17) is 4.74 Å². The Labute approximate surface area is 158 Å². The first-order valence-electron chi connectivity index (χ1n) is 9.08. The normalized spacial score (nSPS) is 16.5. The lowest BCUT2D eigenvalue weighted by molar-refractivity contribution is -0.122. The summed E-state index contributed by atoms with van der Waals surface area (Å²) in [7, 11) is 0. The van der Waals surface area contributed by atoms with E-state index < -0.39 is 11.7 Å². The van der Waals surface area contributed by atoms with Crippen molar-refractivity contribution in [3.05, 3.63) is 53.8 Å². The summed E-state index contributed by atoms with van der Waals surface area (Å²) in [5, 5.41) is 2.60. The van der Waals surface area contributed by atoms with Gasteiger partial charge in [0.2, 0.25) is 11.8 Å². The number of ether oxygens (including phenoxy) is 1.